The smallest absolute Gasteiger partial charge is 0.317 e. The maximum absolute atomic E-state index is 12.7. The molecule has 0 radical (unpaired) electrons. The van der Waals surface area contributed by atoms with Crippen molar-refractivity contribution in [3.63, 3.8) is 0 Å². The summed E-state index contributed by atoms with van der Waals surface area (Å²) in [5, 5.41) is 7.52. The third-order valence-electron chi connectivity index (χ3n) is 5.77. The molecule has 1 saturated heterocycles. The molecule has 7 nitrogen and oxygen atoms in total. The minimum absolute atomic E-state index is 0.0112. The molecule has 0 aromatic carbocycles. The fourth-order valence-electron chi connectivity index (χ4n) is 4.25. The lowest BCUT2D eigenvalue weighted by atomic mass is 9.86. The maximum atomic E-state index is 12.7. The van der Waals surface area contributed by atoms with E-state index in [1.165, 1.54) is 24.8 Å². The Balaban J connectivity index is 1.62. The van der Waals surface area contributed by atoms with E-state index in [-0.39, 0.29) is 12.1 Å². The van der Waals surface area contributed by atoms with Gasteiger partial charge < -0.3 is 15.0 Å². The molecule has 2 aliphatic rings. The first-order valence-electron chi connectivity index (χ1n) is 9.69. The number of nitrogens with one attached hydrogen (secondary N) is 1. The summed E-state index contributed by atoms with van der Waals surface area (Å²) in [6.45, 7) is 2.43. The van der Waals surface area contributed by atoms with Gasteiger partial charge in [-0.15, -0.1) is 0 Å². The third-order valence-corrected chi connectivity index (χ3v) is 5.77. The van der Waals surface area contributed by atoms with Gasteiger partial charge in [-0.2, -0.15) is 5.10 Å². The first kappa shape index (κ1) is 19.2. The molecule has 7 heteroatoms. The number of hydrogen-bond acceptors (Lipinski definition) is 4. The van der Waals surface area contributed by atoms with Gasteiger partial charge in [0, 0.05) is 45.6 Å². The Hall–Kier alpha value is -1.60. The number of carbonyl (C=O) groups is 1. The fraction of sp³-hybridized carbons (Fsp3) is 0.789. The Morgan fingerprint density at radius 3 is 2.81 bits per heavy atom. The van der Waals surface area contributed by atoms with E-state index in [1.807, 2.05) is 29.9 Å². The SMILES string of the molecule is COCC(NC(=O)N(C)C[C@@H]1CCCN(C)[C@H]1c1cnn(C)c1)C1CC1. The van der Waals surface area contributed by atoms with Crippen LogP contribution in [0.15, 0.2) is 12.4 Å². The minimum atomic E-state index is 0.0112. The number of rotatable bonds is 7. The lowest BCUT2D eigenvalue weighted by Crippen LogP contribution is -2.49. The highest BCUT2D eigenvalue weighted by molar-refractivity contribution is 5.74. The van der Waals surface area contributed by atoms with Crippen molar-refractivity contribution in [2.24, 2.45) is 18.9 Å². The molecule has 2 heterocycles. The second-order valence-corrected chi connectivity index (χ2v) is 8.00. The summed E-state index contributed by atoms with van der Waals surface area (Å²) in [7, 11) is 7.73. The minimum Gasteiger partial charge on any atom is -0.383 e. The summed E-state index contributed by atoms with van der Waals surface area (Å²) in [5.74, 6) is 0.992. The van der Waals surface area contributed by atoms with Crippen LogP contribution in [0.5, 0.6) is 0 Å². The highest BCUT2D eigenvalue weighted by atomic mass is 16.5. The van der Waals surface area contributed by atoms with E-state index >= 15 is 0 Å². The molecular weight excluding hydrogens is 330 g/mol. The van der Waals surface area contributed by atoms with E-state index in [2.05, 4.69) is 28.6 Å². The van der Waals surface area contributed by atoms with Gasteiger partial charge in [0.15, 0.2) is 0 Å². The van der Waals surface area contributed by atoms with E-state index in [0.29, 0.717) is 24.5 Å². The Morgan fingerprint density at radius 2 is 2.19 bits per heavy atom. The molecule has 2 fully saturated rings. The Bertz CT molecular complexity index is 601. The number of ether oxygens (including phenoxy) is 1. The molecule has 26 heavy (non-hydrogen) atoms. The number of carbonyl (C=O) groups excluding carboxylic acids is 1. The summed E-state index contributed by atoms with van der Waals surface area (Å²) in [5.41, 5.74) is 1.24. The number of methoxy groups -OCH3 is 1. The molecule has 1 aliphatic carbocycles. The normalized spacial score (nSPS) is 25.1. The van der Waals surface area contributed by atoms with Gasteiger partial charge in [0.1, 0.15) is 0 Å². The van der Waals surface area contributed by atoms with E-state index in [0.717, 1.165) is 19.5 Å². The van der Waals surface area contributed by atoms with Crippen molar-refractivity contribution >= 4 is 6.03 Å². The number of amides is 2. The molecule has 1 saturated carbocycles. The third kappa shape index (κ3) is 4.57. The van der Waals surface area contributed by atoms with Gasteiger partial charge in [-0.1, -0.05) is 0 Å². The molecule has 2 amide bonds. The van der Waals surface area contributed by atoms with Crippen LogP contribution in [-0.2, 0) is 11.8 Å². The van der Waals surface area contributed by atoms with Crippen LogP contribution in [0.25, 0.3) is 0 Å². The predicted octanol–water partition coefficient (Wildman–Crippen LogP) is 1.87. The van der Waals surface area contributed by atoms with Crippen LogP contribution in [0.4, 0.5) is 4.79 Å². The van der Waals surface area contributed by atoms with Gasteiger partial charge in [-0.3, -0.25) is 9.58 Å². The second kappa shape index (κ2) is 8.39. The summed E-state index contributed by atoms with van der Waals surface area (Å²) < 4.78 is 7.14. The molecule has 3 atom stereocenters. The standard InChI is InChI=1S/C19H33N5O2/c1-22-9-5-6-15(18(22)16-10-20-24(3)12-16)11-23(2)19(25)21-17(13-26-4)14-7-8-14/h10,12,14-15,17-18H,5-9,11,13H2,1-4H3,(H,21,25)/t15-,17?,18+/m0/s1. The molecule has 1 N–H and O–H groups in total. The van der Waals surface area contributed by atoms with E-state index in [1.54, 1.807) is 7.11 Å². The average molecular weight is 364 g/mol. The van der Waals surface area contributed by atoms with E-state index in [4.69, 9.17) is 4.74 Å². The Kier molecular flexibility index (Phi) is 6.19. The summed E-state index contributed by atoms with van der Waals surface area (Å²) in [6, 6.07) is 0.459. The summed E-state index contributed by atoms with van der Waals surface area (Å²) >= 11 is 0. The predicted molar refractivity (Wildman–Crippen MR) is 101 cm³/mol. The topological polar surface area (TPSA) is 62.6 Å². The average Bonchev–Trinajstić information content (AvgIpc) is 3.36. The summed E-state index contributed by atoms with van der Waals surface area (Å²) in [6.07, 6.45) is 8.74. The van der Waals surface area contributed by atoms with Crippen LogP contribution in [0.3, 0.4) is 0 Å². The number of aryl methyl sites for hydroxylation is 1. The quantitative estimate of drug-likeness (QED) is 0.803. The number of hydrogen-bond donors (Lipinski definition) is 1. The van der Waals surface area contributed by atoms with Crippen LogP contribution < -0.4 is 5.32 Å². The largest absolute Gasteiger partial charge is 0.383 e. The maximum Gasteiger partial charge on any atom is 0.317 e. The zero-order chi connectivity index (χ0) is 18.7. The van der Waals surface area contributed by atoms with Gasteiger partial charge >= 0.3 is 6.03 Å². The molecule has 1 unspecified atom stereocenters. The number of likely N-dealkylation sites (tertiary alicyclic amines) is 1. The molecule has 3 rings (SSSR count). The Labute approximate surface area is 156 Å². The number of urea groups is 1. The Morgan fingerprint density at radius 1 is 1.42 bits per heavy atom. The van der Waals surface area contributed by atoms with Gasteiger partial charge in [0.05, 0.1) is 18.8 Å². The number of nitrogens with zero attached hydrogens (tertiary/aromatic N) is 4. The monoisotopic (exact) mass is 363 g/mol. The first-order valence-corrected chi connectivity index (χ1v) is 9.69. The van der Waals surface area contributed by atoms with E-state index in [9.17, 15) is 4.79 Å². The second-order valence-electron chi connectivity index (χ2n) is 8.00. The molecule has 0 spiro atoms. The van der Waals surface area contributed by atoms with Crippen molar-refractivity contribution in [1.82, 2.24) is 24.9 Å². The van der Waals surface area contributed by atoms with Crippen molar-refractivity contribution in [2.75, 3.05) is 40.9 Å². The molecule has 1 aromatic rings. The van der Waals surface area contributed by atoms with Crippen LogP contribution in [0.2, 0.25) is 0 Å². The van der Waals surface area contributed by atoms with Crippen molar-refractivity contribution < 1.29 is 9.53 Å². The highest BCUT2D eigenvalue weighted by Gasteiger charge is 2.35. The zero-order valence-corrected chi connectivity index (χ0v) is 16.5. The lowest BCUT2D eigenvalue weighted by molar-refractivity contribution is 0.0970. The van der Waals surface area contributed by atoms with E-state index < -0.39 is 0 Å². The molecular formula is C19H33N5O2. The van der Waals surface area contributed by atoms with Crippen LogP contribution in [-0.4, -0.2) is 72.6 Å². The first-order chi connectivity index (χ1) is 12.5. The molecule has 146 valence electrons. The number of piperidine rings is 1. The van der Waals surface area contributed by atoms with Gasteiger partial charge in [0.2, 0.25) is 0 Å². The molecule has 0 bridgehead atoms. The van der Waals surface area contributed by atoms with Crippen molar-refractivity contribution in [3.8, 4) is 0 Å². The van der Waals surface area contributed by atoms with Crippen LogP contribution in [0.1, 0.15) is 37.3 Å². The van der Waals surface area contributed by atoms with Gasteiger partial charge in [-0.05, 0) is 51.1 Å². The van der Waals surface area contributed by atoms with Crippen molar-refractivity contribution in [2.45, 2.75) is 37.8 Å². The number of aromatic nitrogens is 2. The lowest BCUT2D eigenvalue weighted by Gasteiger charge is -2.40. The molecule has 1 aliphatic heterocycles. The van der Waals surface area contributed by atoms with Gasteiger partial charge in [0.25, 0.3) is 0 Å². The fourth-order valence-corrected chi connectivity index (χ4v) is 4.25. The van der Waals surface area contributed by atoms with Gasteiger partial charge in [-0.25, -0.2) is 4.79 Å². The van der Waals surface area contributed by atoms with Crippen molar-refractivity contribution in [3.05, 3.63) is 18.0 Å². The highest BCUT2D eigenvalue weighted by Crippen LogP contribution is 2.35. The summed E-state index contributed by atoms with van der Waals surface area (Å²) in [4.78, 5) is 16.9. The van der Waals surface area contributed by atoms with Crippen LogP contribution >= 0.6 is 0 Å². The van der Waals surface area contributed by atoms with Crippen molar-refractivity contribution in [1.29, 1.82) is 0 Å². The molecule has 1 aromatic heterocycles. The van der Waals surface area contributed by atoms with Crippen LogP contribution in [0, 0.1) is 11.8 Å². The zero-order valence-electron chi connectivity index (χ0n) is 16.5.